The number of hydrogen-bond donors (Lipinski definition) is 2. The minimum absolute atomic E-state index is 0.0858. The van der Waals surface area contributed by atoms with Crippen molar-refractivity contribution in [3.63, 3.8) is 0 Å². The predicted octanol–water partition coefficient (Wildman–Crippen LogP) is 2.31. The Labute approximate surface area is 183 Å². The molecule has 3 rings (SSSR count). The summed E-state index contributed by atoms with van der Waals surface area (Å²) in [5.74, 6) is 0.192. The zero-order chi connectivity index (χ0) is 22.1. The van der Waals surface area contributed by atoms with Crippen LogP contribution < -0.4 is 15.4 Å². The summed E-state index contributed by atoms with van der Waals surface area (Å²) < 4.78 is 10.8. The molecule has 0 aliphatic carbocycles. The lowest BCUT2D eigenvalue weighted by atomic mass is 10.0. The van der Waals surface area contributed by atoms with Crippen LogP contribution in [0.1, 0.15) is 34.5 Å². The van der Waals surface area contributed by atoms with Gasteiger partial charge in [0.05, 0.1) is 32.4 Å². The molecule has 2 N–H and O–H groups in total. The van der Waals surface area contributed by atoms with Crippen LogP contribution in [0.5, 0.6) is 5.75 Å². The minimum atomic E-state index is -0.293. The van der Waals surface area contributed by atoms with Crippen LogP contribution in [0, 0.1) is 6.92 Å². The molecule has 0 aromatic heterocycles. The lowest BCUT2D eigenvalue weighted by Crippen LogP contribution is -2.45. The third-order valence-electron chi connectivity index (χ3n) is 5.20. The molecule has 7 nitrogen and oxygen atoms in total. The maximum atomic E-state index is 12.6. The topological polar surface area (TPSA) is 79.9 Å². The van der Waals surface area contributed by atoms with E-state index in [1.54, 1.807) is 24.3 Å². The monoisotopic (exact) mass is 425 g/mol. The second-order valence-corrected chi connectivity index (χ2v) is 7.58. The highest BCUT2D eigenvalue weighted by atomic mass is 16.5. The van der Waals surface area contributed by atoms with Crippen LogP contribution in [0.2, 0.25) is 0 Å². The number of carbonyl (C=O) groups is 2. The van der Waals surface area contributed by atoms with Crippen LogP contribution in [-0.2, 0) is 9.53 Å². The first-order valence-electron chi connectivity index (χ1n) is 10.7. The maximum Gasteiger partial charge on any atom is 0.251 e. The van der Waals surface area contributed by atoms with Gasteiger partial charge >= 0.3 is 0 Å². The summed E-state index contributed by atoms with van der Waals surface area (Å²) in [6.45, 7) is 8.21. The molecule has 2 aromatic rings. The smallest absolute Gasteiger partial charge is 0.251 e. The van der Waals surface area contributed by atoms with E-state index in [0.29, 0.717) is 37.7 Å². The van der Waals surface area contributed by atoms with Gasteiger partial charge in [-0.3, -0.25) is 14.5 Å². The molecule has 0 radical (unpaired) electrons. The molecule has 0 bridgehead atoms. The summed E-state index contributed by atoms with van der Waals surface area (Å²) in [6.07, 6.45) is 0. The molecule has 0 saturated carbocycles. The first-order valence-corrected chi connectivity index (χ1v) is 10.7. The number of nitrogens with zero attached hydrogens (tertiary/aromatic N) is 1. The fourth-order valence-corrected chi connectivity index (χ4v) is 3.45. The SMILES string of the molecule is CCOc1ccc(C(=O)NCC(=O)N[C@H](CN2CCOCC2)c2ccc(C)cc2)cc1. The third-order valence-corrected chi connectivity index (χ3v) is 5.20. The van der Waals surface area contributed by atoms with Gasteiger partial charge in [-0.15, -0.1) is 0 Å². The second kappa shape index (κ2) is 11.5. The van der Waals surface area contributed by atoms with Crippen molar-refractivity contribution in [3.05, 3.63) is 65.2 Å². The Morgan fingerprint density at radius 2 is 1.74 bits per heavy atom. The highest BCUT2D eigenvalue weighted by molar-refractivity contribution is 5.96. The van der Waals surface area contributed by atoms with E-state index in [-0.39, 0.29) is 24.4 Å². The van der Waals surface area contributed by atoms with Gasteiger partial charge in [0.15, 0.2) is 0 Å². The van der Waals surface area contributed by atoms with Gasteiger partial charge < -0.3 is 20.1 Å². The Hall–Kier alpha value is -2.90. The third kappa shape index (κ3) is 7.08. The average Bonchev–Trinajstić information content (AvgIpc) is 2.79. The van der Waals surface area contributed by atoms with Crippen molar-refractivity contribution in [2.45, 2.75) is 19.9 Å². The maximum absolute atomic E-state index is 12.6. The molecule has 0 spiro atoms. The second-order valence-electron chi connectivity index (χ2n) is 7.58. The highest BCUT2D eigenvalue weighted by Crippen LogP contribution is 2.16. The summed E-state index contributed by atoms with van der Waals surface area (Å²) >= 11 is 0. The molecule has 1 heterocycles. The number of rotatable bonds is 9. The number of morpholine rings is 1. The van der Waals surface area contributed by atoms with Gasteiger partial charge in [0, 0.05) is 25.2 Å². The lowest BCUT2D eigenvalue weighted by Gasteiger charge is -2.31. The van der Waals surface area contributed by atoms with Crippen LogP contribution in [-0.4, -0.2) is 62.7 Å². The molecule has 1 aliphatic heterocycles. The van der Waals surface area contributed by atoms with Gasteiger partial charge in [-0.2, -0.15) is 0 Å². The fraction of sp³-hybridized carbons (Fsp3) is 0.417. The number of hydrogen-bond acceptors (Lipinski definition) is 5. The normalized spacial score (nSPS) is 15.2. The predicted molar refractivity (Wildman–Crippen MR) is 119 cm³/mol. The minimum Gasteiger partial charge on any atom is -0.494 e. The molecule has 1 atom stereocenters. The zero-order valence-electron chi connectivity index (χ0n) is 18.2. The van der Waals surface area contributed by atoms with E-state index in [2.05, 4.69) is 15.5 Å². The van der Waals surface area contributed by atoms with Gasteiger partial charge in [0.25, 0.3) is 5.91 Å². The Balaban J connectivity index is 1.57. The summed E-state index contributed by atoms with van der Waals surface area (Å²) in [5.41, 5.74) is 2.70. The van der Waals surface area contributed by atoms with Crippen LogP contribution in [0.25, 0.3) is 0 Å². The Morgan fingerprint density at radius 1 is 1.06 bits per heavy atom. The average molecular weight is 426 g/mol. The largest absolute Gasteiger partial charge is 0.494 e. The molecule has 1 fully saturated rings. The molecular weight excluding hydrogens is 394 g/mol. The van der Waals surface area contributed by atoms with Gasteiger partial charge in [0.2, 0.25) is 5.91 Å². The van der Waals surface area contributed by atoms with E-state index in [1.807, 2.05) is 38.1 Å². The van der Waals surface area contributed by atoms with E-state index in [0.717, 1.165) is 18.7 Å². The van der Waals surface area contributed by atoms with Crippen molar-refractivity contribution in [2.24, 2.45) is 0 Å². The van der Waals surface area contributed by atoms with Crippen LogP contribution >= 0.6 is 0 Å². The van der Waals surface area contributed by atoms with Crippen molar-refractivity contribution in [1.82, 2.24) is 15.5 Å². The number of benzene rings is 2. The molecule has 166 valence electrons. The van der Waals surface area contributed by atoms with Gasteiger partial charge in [-0.1, -0.05) is 29.8 Å². The number of ether oxygens (including phenoxy) is 2. The van der Waals surface area contributed by atoms with Gasteiger partial charge in [0.1, 0.15) is 5.75 Å². The highest BCUT2D eigenvalue weighted by Gasteiger charge is 2.20. The standard InChI is InChI=1S/C24H31N3O4/c1-3-31-21-10-8-20(9-11-21)24(29)25-16-23(28)26-22(17-27-12-14-30-15-13-27)19-6-4-18(2)5-7-19/h4-11,22H,3,12-17H2,1-2H3,(H,25,29)(H,26,28)/t22-/m1/s1. The number of nitrogens with one attached hydrogen (secondary N) is 2. The Morgan fingerprint density at radius 3 is 2.39 bits per heavy atom. The molecular formula is C24H31N3O4. The number of carbonyl (C=O) groups excluding carboxylic acids is 2. The van der Waals surface area contributed by atoms with E-state index < -0.39 is 0 Å². The van der Waals surface area contributed by atoms with Crippen LogP contribution in [0.4, 0.5) is 0 Å². The van der Waals surface area contributed by atoms with Crippen LogP contribution in [0.3, 0.4) is 0 Å². The van der Waals surface area contributed by atoms with E-state index in [4.69, 9.17) is 9.47 Å². The zero-order valence-corrected chi connectivity index (χ0v) is 18.2. The van der Waals surface area contributed by atoms with E-state index >= 15 is 0 Å². The summed E-state index contributed by atoms with van der Waals surface area (Å²) in [7, 11) is 0. The molecule has 1 aliphatic rings. The summed E-state index contributed by atoms with van der Waals surface area (Å²) in [5, 5.41) is 5.77. The first kappa shape index (κ1) is 22.8. The van der Waals surface area contributed by atoms with Crippen molar-refractivity contribution in [1.29, 1.82) is 0 Å². The Bertz CT molecular complexity index is 846. The van der Waals surface area contributed by atoms with E-state index in [1.165, 1.54) is 5.56 Å². The molecule has 2 aromatic carbocycles. The summed E-state index contributed by atoms with van der Waals surface area (Å²) in [4.78, 5) is 27.3. The Kier molecular flexibility index (Phi) is 8.44. The van der Waals surface area contributed by atoms with Gasteiger partial charge in [-0.05, 0) is 43.7 Å². The van der Waals surface area contributed by atoms with E-state index in [9.17, 15) is 9.59 Å². The molecule has 2 amide bonds. The van der Waals surface area contributed by atoms with Crippen molar-refractivity contribution >= 4 is 11.8 Å². The molecule has 7 heteroatoms. The summed E-state index contributed by atoms with van der Waals surface area (Å²) in [6, 6.07) is 14.9. The quantitative estimate of drug-likeness (QED) is 0.645. The molecule has 1 saturated heterocycles. The lowest BCUT2D eigenvalue weighted by molar-refractivity contribution is -0.121. The first-order chi connectivity index (χ1) is 15.0. The van der Waals surface area contributed by atoms with Gasteiger partial charge in [-0.25, -0.2) is 0 Å². The number of aryl methyl sites for hydroxylation is 1. The van der Waals surface area contributed by atoms with Crippen molar-refractivity contribution < 1.29 is 19.1 Å². The van der Waals surface area contributed by atoms with Crippen molar-refractivity contribution in [2.75, 3.05) is 46.0 Å². The molecule has 0 unspecified atom stereocenters. The van der Waals surface area contributed by atoms with Crippen LogP contribution in [0.15, 0.2) is 48.5 Å². The van der Waals surface area contributed by atoms with Crippen molar-refractivity contribution in [3.8, 4) is 5.75 Å². The molecule has 31 heavy (non-hydrogen) atoms. The fourth-order valence-electron chi connectivity index (χ4n) is 3.45. The number of amides is 2.